The third-order valence-electron chi connectivity index (χ3n) is 3.25. The lowest BCUT2D eigenvalue weighted by Crippen LogP contribution is -2.40. The predicted molar refractivity (Wildman–Crippen MR) is 64.7 cm³/mol. The summed E-state index contributed by atoms with van der Waals surface area (Å²) in [7, 11) is 2.13. The van der Waals surface area contributed by atoms with Crippen molar-refractivity contribution in [2.45, 2.75) is 25.3 Å². The van der Waals surface area contributed by atoms with E-state index in [9.17, 15) is 0 Å². The second kappa shape index (κ2) is 5.65. The summed E-state index contributed by atoms with van der Waals surface area (Å²) in [5.74, 6) is 0.640. The Labute approximate surface area is 102 Å². The highest BCUT2D eigenvalue weighted by Crippen LogP contribution is 2.19. The average Bonchev–Trinajstić information content (AvgIpc) is 2.38. The molecule has 0 N–H and O–H groups in total. The van der Waals surface area contributed by atoms with Crippen LogP contribution in [0.3, 0.4) is 0 Å². The number of ether oxygens (including phenoxy) is 1. The lowest BCUT2D eigenvalue weighted by Gasteiger charge is -2.32. The molecule has 2 heterocycles. The predicted octanol–water partition coefficient (Wildman–Crippen LogP) is 1.82. The van der Waals surface area contributed by atoms with E-state index in [1.165, 1.54) is 19.3 Å². The van der Waals surface area contributed by atoms with Gasteiger partial charge in [0.05, 0.1) is 0 Å². The van der Waals surface area contributed by atoms with Crippen molar-refractivity contribution in [1.29, 1.82) is 5.26 Å². The summed E-state index contributed by atoms with van der Waals surface area (Å²) in [6.45, 7) is 1.78. The van der Waals surface area contributed by atoms with Gasteiger partial charge in [-0.25, -0.2) is 0 Å². The fraction of sp³-hybridized carbons (Fsp3) is 0.538. The number of rotatable bonds is 3. The minimum atomic E-state index is 0.462. The summed E-state index contributed by atoms with van der Waals surface area (Å²) in [5, 5.41) is 8.93. The van der Waals surface area contributed by atoms with Crippen LogP contribution in [0.25, 0.3) is 0 Å². The van der Waals surface area contributed by atoms with Crippen LogP contribution in [0, 0.1) is 11.3 Å². The molecule has 17 heavy (non-hydrogen) atoms. The van der Waals surface area contributed by atoms with Crippen LogP contribution in [-0.2, 0) is 0 Å². The van der Waals surface area contributed by atoms with E-state index in [1.807, 2.05) is 0 Å². The largest absolute Gasteiger partial charge is 0.490 e. The Morgan fingerprint density at radius 2 is 2.47 bits per heavy atom. The molecule has 0 aromatic carbocycles. The first-order chi connectivity index (χ1) is 8.31. The standard InChI is InChI=1S/C13H17N3O/c1-16-7-3-2-4-12(16)10-17-13-5-6-15-9-11(13)8-14/h5-6,9,12H,2-4,7,10H2,1H3. The second-order valence-corrected chi connectivity index (χ2v) is 4.42. The van der Waals surface area contributed by atoms with Crippen LogP contribution < -0.4 is 4.74 Å². The number of nitriles is 1. The summed E-state index contributed by atoms with van der Waals surface area (Å²) in [6, 6.07) is 4.31. The Balaban J connectivity index is 1.95. The highest BCUT2D eigenvalue weighted by atomic mass is 16.5. The molecule has 1 unspecified atom stereocenters. The highest BCUT2D eigenvalue weighted by Gasteiger charge is 2.19. The zero-order valence-corrected chi connectivity index (χ0v) is 10.1. The molecule has 0 aliphatic carbocycles. The number of nitrogens with zero attached hydrogens (tertiary/aromatic N) is 3. The first-order valence-electron chi connectivity index (χ1n) is 5.98. The van der Waals surface area contributed by atoms with Gasteiger partial charge in [0, 0.05) is 18.4 Å². The number of aromatic nitrogens is 1. The molecular formula is C13H17N3O. The molecule has 0 bridgehead atoms. The molecule has 1 saturated heterocycles. The van der Waals surface area contributed by atoms with Gasteiger partial charge < -0.3 is 9.64 Å². The normalized spacial score (nSPS) is 20.8. The second-order valence-electron chi connectivity index (χ2n) is 4.42. The molecule has 0 saturated carbocycles. The Morgan fingerprint density at radius 1 is 1.59 bits per heavy atom. The molecule has 1 atom stereocenters. The third kappa shape index (κ3) is 2.95. The van der Waals surface area contributed by atoms with E-state index < -0.39 is 0 Å². The van der Waals surface area contributed by atoms with Gasteiger partial charge in [0.2, 0.25) is 0 Å². The summed E-state index contributed by atoms with van der Waals surface area (Å²) in [6.07, 6.45) is 6.90. The van der Waals surface area contributed by atoms with Crippen LogP contribution in [0.15, 0.2) is 18.5 Å². The van der Waals surface area contributed by atoms with E-state index in [0.717, 1.165) is 6.54 Å². The monoisotopic (exact) mass is 231 g/mol. The molecular weight excluding hydrogens is 214 g/mol. The molecule has 1 aliphatic rings. The summed E-state index contributed by atoms with van der Waals surface area (Å²) in [5.41, 5.74) is 0.506. The van der Waals surface area contributed by atoms with Crippen molar-refractivity contribution < 1.29 is 4.74 Å². The van der Waals surface area contributed by atoms with Crippen LogP contribution >= 0.6 is 0 Å². The number of hydrogen-bond acceptors (Lipinski definition) is 4. The molecule has 0 radical (unpaired) electrons. The Morgan fingerprint density at radius 3 is 3.24 bits per heavy atom. The van der Waals surface area contributed by atoms with Crippen molar-refractivity contribution >= 4 is 0 Å². The fourth-order valence-electron chi connectivity index (χ4n) is 2.13. The molecule has 1 aromatic heterocycles. The Hall–Kier alpha value is -1.60. The number of pyridine rings is 1. The van der Waals surface area contributed by atoms with Crippen LogP contribution in [0.4, 0.5) is 0 Å². The first kappa shape index (κ1) is 11.9. The van der Waals surface area contributed by atoms with Crippen molar-refractivity contribution in [3.63, 3.8) is 0 Å². The zero-order valence-electron chi connectivity index (χ0n) is 10.1. The maximum Gasteiger partial charge on any atom is 0.140 e. The minimum absolute atomic E-state index is 0.462. The molecule has 2 rings (SSSR count). The number of hydrogen-bond donors (Lipinski definition) is 0. The van der Waals surface area contributed by atoms with Crippen molar-refractivity contribution in [1.82, 2.24) is 9.88 Å². The van der Waals surface area contributed by atoms with E-state index in [2.05, 4.69) is 23.0 Å². The molecule has 4 heteroatoms. The number of likely N-dealkylation sites (N-methyl/N-ethyl adjacent to an activating group) is 1. The molecule has 4 nitrogen and oxygen atoms in total. The molecule has 0 amide bonds. The van der Waals surface area contributed by atoms with Gasteiger partial charge in [-0.2, -0.15) is 5.26 Å². The van der Waals surface area contributed by atoms with Crippen molar-refractivity contribution in [3.8, 4) is 11.8 Å². The lowest BCUT2D eigenvalue weighted by atomic mass is 10.0. The fourth-order valence-corrected chi connectivity index (χ4v) is 2.13. The van der Waals surface area contributed by atoms with Gasteiger partial charge in [-0.15, -0.1) is 0 Å². The highest BCUT2D eigenvalue weighted by molar-refractivity contribution is 5.40. The minimum Gasteiger partial charge on any atom is -0.490 e. The van der Waals surface area contributed by atoms with Crippen molar-refractivity contribution in [2.75, 3.05) is 20.2 Å². The number of piperidine rings is 1. The van der Waals surface area contributed by atoms with E-state index in [4.69, 9.17) is 10.00 Å². The van der Waals surface area contributed by atoms with E-state index in [0.29, 0.717) is 24.0 Å². The SMILES string of the molecule is CN1CCCCC1COc1ccncc1C#N. The lowest BCUT2D eigenvalue weighted by molar-refractivity contribution is 0.125. The van der Waals surface area contributed by atoms with E-state index in [1.54, 1.807) is 18.5 Å². The Kier molecular flexibility index (Phi) is 3.94. The van der Waals surface area contributed by atoms with Crippen LogP contribution in [0.1, 0.15) is 24.8 Å². The van der Waals surface area contributed by atoms with Crippen molar-refractivity contribution in [2.24, 2.45) is 0 Å². The molecule has 1 aromatic rings. The first-order valence-corrected chi connectivity index (χ1v) is 5.98. The quantitative estimate of drug-likeness (QED) is 0.796. The molecule has 1 aliphatic heterocycles. The molecule has 90 valence electrons. The maximum atomic E-state index is 8.93. The third-order valence-corrected chi connectivity index (χ3v) is 3.25. The molecule has 0 spiro atoms. The van der Waals surface area contributed by atoms with Gasteiger partial charge in [-0.05, 0) is 32.5 Å². The van der Waals surface area contributed by atoms with Gasteiger partial charge in [0.25, 0.3) is 0 Å². The molecule has 1 fully saturated rings. The van der Waals surface area contributed by atoms with E-state index >= 15 is 0 Å². The van der Waals surface area contributed by atoms with Gasteiger partial charge in [-0.1, -0.05) is 6.42 Å². The Bertz CT molecular complexity index is 413. The van der Waals surface area contributed by atoms with Gasteiger partial charge in [0.1, 0.15) is 24.0 Å². The van der Waals surface area contributed by atoms with Gasteiger partial charge >= 0.3 is 0 Å². The topological polar surface area (TPSA) is 49.1 Å². The van der Waals surface area contributed by atoms with Gasteiger partial charge in [-0.3, -0.25) is 4.98 Å². The van der Waals surface area contributed by atoms with Crippen LogP contribution in [0.5, 0.6) is 5.75 Å². The van der Waals surface area contributed by atoms with Crippen LogP contribution in [0.2, 0.25) is 0 Å². The maximum absolute atomic E-state index is 8.93. The summed E-state index contributed by atoms with van der Waals surface area (Å²) in [4.78, 5) is 6.24. The smallest absolute Gasteiger partial charge is 0.140 e. The summed E-state index contributed by atoms with van der Waals surface area (Å²) < 4.78 is 5.73. The van der Waals surface area contributed by atoms with Crippen LogP contribution in [-0.4, -0.2) is 36.1 Å². The number of likely N-dealkylation sites (tertiary alicyclic amines) is 1. The van der Waals surface area contributed by atoms with Gasteiger partial charge in [0.15, 0.2) is 0 Å². The summed E-state index contributed by atoms with van der Waals surface area (Å²) >= 11 is 0. The van der Waals surface area contributed by atoms with E-state index in [-0.39, 0.29) is 0 Å². The average molecular weight is 231 g/mol. The van der Waals surface area contributed by atoms with Crippen molar-refractivity contribution in [3.05, 3.63) is 24.0 Å². The zero-order chi connectivity index (χ0) is 12.1.